The molecule has 0 aliphatic carbocycles. The van der Waals surface area contributed by atoms with Gasteiger partial charge in [-0.2, -0.15) is 4.99 Å². The number of aromatic nitrogens is 2. The van der Waals surface area contributed by atoms with Crippen LogP contribution in [0.1, 0.15) is 12.2 Å². The Bertz CT molecular complexity index is 979. The summed E-state index contributed by atoms with van der Waals surface area (Å²) in [4.78, 5) is 11.9. The summed E-state index contributed by atoms with van der Waals surface area (Å²) in [5, 5.41) is 0. The van der Waals surface area contributed by atoms with Crippen molar-refractivity contribution >= 4 is 28.6 Å². The van der Waals surface area contributed by atoms with Crippen molar-refractivity contribution in [2.45, 2.75) is 6.43 Å². The van der Waals surface area contributed by atoms with E-state index in [0.29, 0.717) is 22.5 Å². The van der Waals surface area contributed by atoms with E-state index in [9.17, 15) is 8.78 Å². The number of rotatable bonds is 3. The average molecular weight is 358 g/mol. The van der Waals surface area contributed by atoms with Gasteiger partial charge in [-0.15, -0.1) is 0 Å². The summed E-state index contributed by atoms with van der Waals surface area (Å²) in [6, 6.07) is 13.4. The minimum absolute atomic E-state index is 0.175. The van der Waals surface area contributed by atoms with E-state index in [1.807, 2.05) is 0 Å². The second kappa shape index (κ2) is 7.18. The maximum absolute atomic E-state index is 13.3. The smallest absolute Gasteiger partial charge is 0.296 e. The van der Waals surface area contributed by atoms with E-state index >= 15 is 0 Å². The molecule has 0 bridgehead atoms. The van der Waals surface area contributed by atoms with Crippen molar-refractivity contribution in [3.63, 3.8) is 0 Å². The predicted octanol–water partition coefficient (Wildman–Crippen LogP) is 2.79. The summed E-state index contributed by atoms with van der Waals surface area (Å²) >= 11 is 0. The number of methoxy groups -OCH3 is 1. The van der Waals surface area contributed by atoms with Gasteiger partial charge in [-0.25, -0.2) is 18.8 Å². The molecule has 0 aliphatic rings. The molecule has 0 saturated heterocycles. The quantitative estimate of drug-likeness (QED) is 0.555. The van der Waals surface area contributed by atoms with E-state index in [1.54, 1.807) is 55.6 Å². The average Bonchev–Trinajstić information content (AvgIpc) is 3.02. The summed E-state index contributed by atoms with van der Waals surface area (Å²) in [5.74, 6) is -0.267. The number of fused-ring (bicyclic) bond motifs is 1. The Labute approximate surface area is 147 Å². The van der Waals surface area contributed by atoms with Gasteiger partial charge in [0.1, 0.15) is 5.75 Å². The first-order valence-electron chi connectivity index (χ1n) is 7.58. The normalized spacial score (nSPS) is 12.8. The molecule has 0 spiro atoms. The number of halogens is 2. The van der Waals surface area contributed by atoms with Gasteiger partial charge >= 0.3 is 0 Å². The lowest BCUT2D eigenvalue weighted by atomic mass is 10.3. The Kier molecular flexibility index (Phi) is 4.78. The number of nitrogens with two attached hydrogens (primary N) is 2. The van der Waals surface area contributed by atoms with E-state index in [0.717, 1.165) is 4.57 Å². The Morgan fingerprint density at radius 1 is 1.12 bits per heavy atom. The van der Waals surface area contributed by atoms with Crippen LogP contribution in [-0.2, 0) is 0 Å². The molecule has 1 heterocycles. The molecular formula is C17H16F2N6O. The number of ether oxygens (including phenoxy) is 1. The number of nitrogens with zero attached hydrogens (tertiary/aromatic N) is 4. The fourth-order valence-corrected chi connectivity index (χ4v) is 2.41. The summed E-state index contributed by atoms with van der Waals surface area (Å²) in [5.41, 5.74) is 13.0. The van der Waals surface area contributed by atoms with E-state index in [2.05, 4.69) is 15.0 Å². The molecule has 134 valence electrons. The number of alkyl halides is 2. The van der Waals surface area contributed by atoms with Gasteiger partial charge in [0.15, 0.2) is 5.82 Å². The lowest BCUT2D eigenvalue weighted by molar-refractivity contribution is 0.139. The van der Waals surface area contributed by atoms with Crippen LogP contribution in [0, 0.1) is 0 Å². The second-order valence-corrected chi connectivity index (χ2v) is 5.23. The fraction of sp³-hybridized carbons (Fsp3) is 0.118. The first kappa shape index (κ1) is 17.3. The van der Waals surface area contributed by atoms with Crippen molar-refractivity contribution in [3.05, 3.63) is 54.4 Å². The lowest BCUT2D eigenvalue weighted by Gasteiger charge is -2.07. The van der Waals surface area contributed by atoms with Gasteiger partial charge in [-0.3, -0.25) is 4.57 Å². The predicted molar refractivity (Wildman–Crippen MR) is 96.0 cm³/mol. The summed E-state index contributed by atoms with van der Waals surface area (Å²) in [6.07, 6.45) is -2.82. The maximum atomic E-state index is 13.3. The minimum atomic E-state index is -2.82. The van der Waals surface area contributed by atoms with Crippen LogP contribution in [0.25, 0.3) is 11.0 Å². The zero-order chi connectivity index (χ0) is 18.7. The highest BCUT2D eigenvalue weighted by molar-refractivity contribution is 5.99. The highest BCUT2D eigenvalue weighted by atomic mass is 19.3. The molecule has 0 aliphatic heterocycles. The Morgan fingerprint density at radius 2 is 1.81 bits per heavy atom. The molecule has 0 radical (unpaired) electrons. The largest absolute Gasteiger partial charge is 0.497 e. The van der Waals surface area contributed by atoms with Gasteiger partial charge in [-0.05, 0) is 36.4 Å². The number of imidazole rings is 1. The molecule has 0 amide bonds. The monoisotopic (exact) mass is 358 g/mol. The lowest BCUT2D eigenvalue weighted by Crippen LogP contribution is -2.27. The molecule has 4 N–H and O–H groups in total. The van der Waals surface area contributed by atoms with E-state index in [1.165, 1.54) is 0 Å². The van der Waals surface area contributed by atoms with Crippen molar-refractivity contribution in [2.24, 2.45) is 21.5 Å². The molecule has 0 atom stereocenters. The van der Waals surface area contributed by atoms with Crippen molar-refractivity contribution in [1.29, 1.82) is 0 Å². The Morgan fingerprint density at radius 3 is 2.46 bits per heavy atom. The maximum Gasteiger partial charge on any atom is 0.296 e. The first-order valence-corrected chi connectivity index (χ1v) is 7.58. The van der Waals surface area contributed by atoms with Gasteiger partial charge in [0, 0.05) is 0 Å². The first-order chi connectivity index (χ1) is 12.5. The highest BCUT2D eigenvalue weighted by Crippen LogP contribution is 2.23. The standard InChI is InChI=1S/C17H16F2N6O/c1-26-11-8-6-10(7-9-11)22-16(20)24-17(21)25-13-5-3-2-4-12(13)23-15(25)14(18)19/h2-9,14H,1H3,(H4,20,21,22,24). The molecule has 9 heteroatoms. The van der Waals surface area contributed by atoms with Crippen molar-refractivity contribution in [2.75, 3.05) is 7.11 Å². The van der Waals surface area contributed by atoms with Crippen LogP contribution in [0.5, 0.6) is 5.75 Å². The fourth-order valence-electron chi connectivity index (χ4n) is 2.41. The second-order valence-electron chi connectivity index (χ2n) is 5.23. The topological polar surface area (TPSA) is 104 Å². The van der Waals surface area contributed by atoms with Crippen LogP contribution in [0.2, 0.25) is 0 Å². The van der Waals surface area contributed by atoms with Crippen LogP contribution < -0.4 is 16.2 Å². The van der Waals surface area contributed by atoms with Crippen LogP contribution in [0.4, 0.5) is 14.5 Å². The molecule has 2 aromatic carbocycles. The molecule has 7 nitrogen and oxygen atoms in total. The van der Waals surface area contributed by atoms with Crippen molar-refractivity contribution < 1.29 is 13.5 Å². The molecular weight excluding hydrogens is 342 g/mol. The third kappa shape index (κ3) is 3.46. The number of hydrogen-bond donors (Lipinski definition) is 2. The van der Waals surface area contributed by atoms with Crippen LogP contribution >= 0.6 is 0 Å². The summed E-state index contributed by atoms with van der Waals surface area (Å²) in [7, 11) is 1.55. The van der Waals surface area contributed by atoms with E-state index in [-0.39, 0.29) is 11.9 Å². The van der Waals surface area contributed by atoms with Crippen molar-refractivity contribution in [1.82, 2.24) is 9.55 Å². The molecule has 1 aromatic heterocycles. The summed E-state index contributed by atoms with van der Waals surface area (Å²) < 4.78 is 32.8. The number of aliphatic imine (C=N–C) groups is 2. The molecule has 3 rings (SSSR count). The third-order valence-corrected chi connectivity index (χ3v) is 3.56. The van der Waals surface area contributed by atoms with Crippen LogP contribution in [0.15, 0.2) is 58.5 Å². The number of hydrogen-bond acceptors (Lipinski definition) is 3. The number of benzene rings is 2. The van der Waals surface area contributed by atoms with Gasteiger partial charge in [-0.1, -0.05) is 12.1 Å². The third-order valence-electron chi connectivity index (χ3n) is 3.56. The van der Waals surface area contributed by atoms with E-state index < -0.39 is 12.2 Å². The molecule has 0 fully saturated rings. The Hall–Kier alpha value is -3.49. The molecule has 26 heavy (non-hydrogen) atoms. The molecule has 0 saturated carbocycles. The zero-order valence-corrected chi connectivity index (χ0v) is 13.8. The van der Waals surface area contributed by atoms with Gasteiger partial charge in [0.05, 0.1) is 23.8 Å². The zero-order valence-electron chi connectivity index (χ0n) is 13.8. The Balaban J connectivity index is 1.99. The molecule has 3 aromatic rings. The number of para-hydroxylation sites is 2. The van der Waals surface area contributed by atoms with Gasteiger partial charge < -0.3 is 16.2 Å². The minimum Gasteiger partial charge on any atom is -0.497 e. The highest BCUT2D eigenvalue weighted by Gasteiger charge is 2.20. The van der Waals surface area contributed by atoms with Gasteiger partial charge in [0.2, 0.25) is 11.9 Å². The SMILES string of the molecule is COc1ccc(N=C(N)N=C(N)n2c(C(F)F)nc3ccccc32)cc1. The van der Waals surface area contributed by atoms with Crippen LogP contribution in [-0.4, -0.2) is 28.6 Å². The summed E-state index contributed by atoms with van der Waals surface area (Å²) in [6.45, 7) is 0. The molecule has 0 unspecified atom stereocenters. The van der Waals surface area contributed by atoms with E-state index in [4.69, 9.17) is 16.2 Å². The van der Waals surface area contributed by atoms with Crippen LogP contribution in [0.3, 0.4) is 0 Å². The van der Waals surface area contributed by atoms with Crippen molar-refractivity contribution in [3.8, 4) is 5.75 Å². The number of guanidine groups is 1. The van der Waals surface area contributed by atoms with Gasteiger partial charge in [0.25, 0.3) is 6.43 Å².